The van der Waals surface area contributed by atoms with E-state index >= 15 is 0 Å². The van der Waals surface area contributed by atoms with Gasteiger partial charge in [-0.2, -0.15) is 43.4 Å². The largest absolute Gasteiger partial charge is 0.494 e. The molecule has 0 unspecified atom stereocenters. The maximum atomic E-state index is 12.6. The maximum absolute atomic E-state index is 12.6. The van der Waals surface area contributed by atoms with E-state index in [1.807, 2.05) is 0 Å². The molecule has 4 N–H and O–H groups in total. The Hall–Kier alpha value is -7.82. The molecule has 0 aliphatic rings. The lowest BCUT2D eigenvalue weighted by molar-refractivity contribution is -0.116. The highest BCUT2D eigenvalue weighted by molar-refractivity contribution is 7.94. The van der Waals surface area contributed by atoms with Crippen LogP contribution in [0.2, 0.25) is 0 Å². The van der Waals surface area contributed by atoms with E-state index in [9.17, 15) is 27.8 Å². The Labute approximate surface area is 375 Å². The summed E-state index contributed by atoms with van der Waals surface area (Å²) >= 11 is 0.607. The molecule has 0 fully saturated rings. The van der Waals surface area contributed by atoms with E-state index < -0.39 is 27.0 Å². The fraction of sp³-hybridized carbons (Fsp3) is 0.0909. The molecular weight excluding hydrogens is 881 g/mol. The van der Waals surface area contributed by atoms with E-state index in [0.717, 1.165) is 6.07 Å². The summed E-state index contributed by atoms with van der Waals surface area (Å²) in [6, 6.07) is 27.3. The first-order valence-corrected chi connectivity index (χ1v) is 21.0. The van der Waals surface area contributed by atoms with Crippen LogP contribution in [0.15, 0.2) is 160 Å². The Morgan fingerprint density at radius 3 is 1.37 bits per heavy atom. The summed E-state index contributed by atoms with van der Waals surface area (Å²) in [7, 11) is -1.88. The third-order valence-electron chi connectivity index (χ3n) is 9.16. The van der Waals surface area contributed by atoms with Crippen LogP contribution in [0, 0.1) is 13.8 Å². The van der Waals surface area contributed by atoms with Gasteiger partial charge in [-0.05, 0) is 121 Å². The molecule has 0 amide bonds. The highest BCUT2D eigenvalue weighted by Gasteiger charge is 2.17. The number of nitrogens with zero attached hydrogens (tertiary/aromatic N) is 8. The third kappa shape index (κ3) is 12.2. The number of ether oxygens (including phenoxy) is 2. The molecule has 0 aromatic heterocycles. The average Bonchev–Trinajstić information content (AvgIpc) is 3.29. The van der Waals surface area contributed by atoms with E-state index in [1.165, 1.54) is 81.0 Å². The SMILES string of the molecule is COc1cc(N=Nc2ccc(C(=O)O)cc2)c(C)cc1N=Nc1ccc(C=Cc2ccc(N=Nc3cc(C)c(N=Nc4ccc(C(=O)O)cc4)cc3OC)cc2S(=O)(=O)O)c(SOO)c1. The second-order valence-corrected chi connectivity index (χ2v) is 15.7. The van der Waals surface area contributed by atoms with E-state index in [2.05, 4.69) is 45.2 Å². The van der Waals surface area contributed by atoms with Crippen LogP contribution in [-0.2, 0) is 14.5 Å². The molecule has 0 saturated heterocycles. The van der Waals surface area contributed by atoms with Crippen LogP contribution in [0.25, 0.3) is 12.2 Å². The van der Waals surface area contributed by atoms with Gasteiger partial charge < -0.3 is 19.7 Å². The molecule has 0 aliphatic carbocycles. The first kappa shape index (κ1) is 46.7. The van der Waals surface area contributed by atoms with Gasteiger partial charge in [-0.25, -0.2) is 14.8 Å². The van der Waals surface area contributed by atoms with E-state index in [-0.39, 0.29) is 28.1 Å². The molecule has 6 aromatic carbocycles. The van der Waals surface area contributed by atoms with Crippen molar-refractivity contribution in [3.05, 3.63) is 143 Å². The van der Waals surface area contributed by atoms with E-state index in [4.69, 9.17) is 19.7 Å². The van der Waals surface area contributed by atoms with Gasteiger partial charge in [-0.1, -0.05) is 24.3 Å². The van der Waals surface area contributed by atoms with Gasteiger partial charge in [0.25, 0.3) is 10.1 Å². The van der Waals surface area contributed by atoms with Crippen molar-refractivity contribution in [2.24, 2.45) is 40.9 Å². The molecule has 330 valence electrons. The molecule has 0 heterocycles. The van der Waals surface area contributed by atoms with Crippen molar-refractivity contribution in [3.8, 4) is 11.5 Å². The lowest BCUT2D eigenvalue weighted by atomic mass is 10.1. The van der Waals surface area contributed by atoms with Crippen LogP contribution in [0.5, 0.6) is 11.5 Å². The molecule has 0 aliphatic heterocycles. The van der Waals surface area contributed by atoms with Gasteiger partial charge in [0.1, 0.15) is 27.8 Å². The number of carbonyl (C=O) groups is 2. The molecule has 0 radical (unpaired) electrons. The van der Waals surface area contributed by atoms with E-state index in [0.29, 0.717) is 79.2 Å². The molecule has 65 heavy (non-hydrogen) atoms. The standard InChI is InChI=1S/C44H36N8O11S2/c1-25-19-37(39(61-3)23-35(25)49-45-31-13-9-29(10-14-31)43(53)54)51-47-33-17-7-27(41(21-33)64-63-57)5-6-28-8-18-34(22-42(28)65(58,59)60)48-52-38-20-26(2)36(24-40(38)62-4)50-46-32-15-11-30(12-16-32)44(55)56/h5-24,57H,1-4H3,(H,53,54)(H,55,56)(H,58,59,60). The highest BCUT2D eigenvalue weighted by atomic mass is 32.2. The number of hydrogen-bond acceptors (Lipinski definition) is 17. The van der Waals surface area contributed by atoms with Gasteiger partial charge in [-0.3, -0.25) is 4.55 Å². The summed E-state index contributed by atoms with van der Waals surface area (Å²) in [4.78, 5) is 22.2. The Kier molecular flexibility index (Phi) is 15.1. The van der Waals surface area contributed by atoms with Crippen LogP contribution in [0.3, 0.4) is 0 Å². The minimum atomic E-state index is -4.76. The predicted molar refractivity (Wildman–Crippen MR) is 240 cm³/mol. The lowest BCUT2D eigenvalue weighted by Gasteiger charge is -2.08. The molecular formula is C44H36N8O11S2. The van der Waals surface area contributed by atoms with Gasteiger partial charge in [0, 0.05) is 17.0 Å². The zero-order chi connectivity index (χ0) is 46.7. The molecule has 0 atom stereocenters. The molecule has 19 nitrogen and oxygen atoms in total. The van der Waals surface area contributed by atoms with Gasteiger partial charge >= 0.3 is 11.9 Å². The third-order valence-corrected chi connectivity index (χ3v) is 10.7. The summed E-state index contributed by atoms with van der Waals surface area (Å²) in [6.07, 6.45) is 2.99. The van der Waals surface area contributed by atoms with Gasteiger partial charge in [0.05, 0.1) is 71.5 Å². The minimum absolute atomic E-state index is 0.0957. The van der Waals surface area contributed by atoms with Crippen molar-refractivity contribution in [1.29, 1.82) is 0 Å². The molecule has 0 saturated carbocycles. The van der Waals surface area contributed by atoms with Crippen LogP contribution in [0.1, 0.15) is 43.0 Å². The van der Waals surface area contributed by atoms with Crippen molar-refractivity contribution in [2.45, 2.75) is 23.6 Å². The lowest BCUT2D eigenvalue weighted by Crippen LogP contribution is -2.00. The number of hydrogen-bond donors (Lipinski definition) is 4. The minimum Gasteiger partial charge on any atom is -0.494 e. The van der Waals surface area contributed by atoms with Crippen LogP contribution in [-0.4, -0.2) is 54.6 Å². The summed E-state index contributed by atoms with van der Waals surface area (Å²) in [5, 5.41) is 61.5. The molecule has 21 heteroatoms. The number of benzene rings is 6. The maximum Gasteiger partial charge on any atom is 0.335 e. The second kappa shape index (κ2) is 21.0. The zero-order valence-electron chi connectivity index (χ0n) is 34.6. The first-order chi connectivity index (χ1) is 31.1. The van der Waals surface area contributed by atoms with Crippen molar-refractivity contribution < 1.29 is 51.8 Å². The number of azo groups is 4. The normalized spacial score (nSPS) is 12.0. The number of aryl methyl sites for hydroxylation is 2. The van der Waals surface area contributed by atoms with Crippen molar-refractivity contribution >= 4 is 91.8 Å². The van der Waals surface area contributed by atoms with Crippen molar-refractivity contribution in [1.82, 2.24) is 0 Å². The monoisotopic (exact) mass is 916 g/mol. The fourth-order valence-electron chi connectivity index (χ4n) is 5.77. The van der Waals surface area contributed by atoms with Crippen LogP contribution < -0.4 is 9.47 Å². The first-order valence-electron chi connectivity index (χ1n) is 18.8. The number of rotatable bonds is 17. The number of carboxylic acids is 2. The molecule has 6 rings (SSSR count). The topological polar surface area (TPSA) is 276 Å². The number of aromatic carboxylic acids is 2. The van der Waals surface area contributed by atoms with E-state index in [1.54, 1.807) is 62.4 Å². The fourth-order valence-corrected chi connectivity index (χ4v) is 6.96. The predicted octanol–water partition coefficient (Wildman–Crippen LogP) is 13.3. The van der Waals surface area contributed by atoms with Crippen LogP contribution >= 0.6 is 12.0 Å². The smallest absolute Gasteiger partial charge is 0.335 e. The quantitative estimate of drug-likeness (QED) is 0.0166. The Bertz CT molecular complexity index is 3030. The Balaban J connectivity index is 1.19. The number of methoxy groups -OCH3 is 2. The van der Waals surface area contributed by atoms with Gasteiger partial charge in [0.15, 0.2) is 0 Å². The number of carboxylic acid groups (broad SMARTS) is 2. The molecule has 0 bridgehead atoms. The summed E-state index contributed by atoms with van der Waals surface area (Å²) < 4.78 is 50.7. The van der Waals surface area contributed by atoms with Gasteiger partial charge in [-0.15, -0.1) is 10.2 Å². The average molecular weight is 917 g/mol. The summed E-state index contributed by atoms with van der Waals surface area (Å²) in [5.41, 5.74) is 5.13. The van der Waals surface area contributed by atoms with Gasteiger partial charge in [0.2, 0.25) is 0 Å². The second-order valence-electron chi connectivity index (χ2n) is 13.5. The molecule has 6 aromatic rings. The van der Waals surface area contributed by atoms with Crippen molar-refractivity contribution in [2.75, 3.05) is 14.2 Å². The van der Waals surface area contributed by atoms with Crippen LogP contribution in [0.4, 0.5) is 45.5 Å². The summed E-state index contributed by atoms with van der Waals surface area (Å²) in [6.45, 7) is 3.56. The Morgan fingerprint density at radius 2 is 0.938 bits per heavy atom. The zero-order valence-corrected chi connectivity index (χ0v) is 36.2. The Morgan fingerprint density at radius 1 is 0.538 bits per heavy atom. The summed E-state index contributed by atoms with van der Waals surface area (Å²) in [5.74, 6) is -1.48. The molecule has 0 spiro atoms. The van der Waals surface area contributed by atoms with Crippen molar-refractivity contribution in [3.63, 3.8) is 0 Å². The highest BCUT2D eigenvalue weighted by Crippen LogP contribution is 2.39.